The zero-order chi connectivity index (χ0) is 19.7. The van der Waals surface area contributed by atoms with Crippen LogP contribution in [0, 0.1) is 23.7 Å². The Bertz CT molecular complexity index is 614. The minimum Gasteiger partial charge on any atom is -0.316 e. The Morgan fingerprint density at radius 2 is 1.62 bits per heavy atom. The van der Waals surface area contributed by atoms with Crippen LogP contribution in [0.3, 0.4) is 0 Å². The van der Waals surface area contributed by atoms with Crippen LogP contribution in [0.4, 0.5) is 0 Å². The molecule has 6 aliphatic rings. The topological polar surface area (TPSA) is 37.0 Å². The number of piperidine rings is 2. The van der Waals surface area contributed by atoms with Crippen molar-refractivity contribution >= 4 is 0 Å². The average Bonchev–Trinajstić information content (AvgIpc) is 3.44. The fourth-order valence-electron chi connectivity index (χ4n) is 8.52. The zero-order valence-electron chi connectivity index (χ0n) is 18.8. The Morgan fingerprint density at radius 1 is 0.724 bits per heavy atom. The normalized spacial score (nSPS) is 52.0. The highest BCUT2D eigenvalue weighted by molar-refractivity contribution is 5.09. The first-order chi connectivity index (χ1) is 14.1. The average molecular weight is 403 g/mol. The van der Waals surface area contributed by atoms with Gasteiger partial charge in [0.05, 0.1) is 6.17 Å². The Morgan fingerprint density at radius 3 is 2.48 bits per heavy atom. The van der Waals surface area contributed by atoms with E-state index in [1.165, 1.54) is 71.5 Å². The molecule has 0 aliphatic carbocycles. The molecule has 9 atom stereocenters. The van der Waals surface area contributed by atoms with Crippen LogP contribution < -0.4 is 10.6 Å². The van der Waals surface area contributed by atoms with Crippen LogP contribution in [0.5, 0.6) is 0 Å². The van der Waals surface area contributed by atoms with E-state index in [2.05, 4.69) is 51.4 Å². The summed E-state index contributed by atoms with van der Waals surface area (Å²) in [5.74, 6) is 3.53. The van der Waals surface area contributed by atoms with E-state index < -0.39 is 0 Å². The van der Waals surface area contributed by atoms with Crippen molar-refractivity contribution in [2.75, 3.05) is 67.0 Å². The Kier molecular flexibility index (Phi) is 4.98. The highest BCUT2D eigenvalue weighted by Crippen LogP contribution is 2.43. The minimum absolute atomic E-state index is 0.685. The number of hydrogen-bond acceptors (Lipinski definition) is 6. The Hall–Kier alpha value is -0.240. The van der Waals surface area contributed by atoms with Gasteiger partial charge in [-0.15, -0.1) is 0 Å². The van der Waals surface area contributed by atoms with Crippen LogP contribution in [0.2, 0.25) is 0 Å². The summed E-state index contributed by atoms with van der Waals surface area (Å²) in [5, 5.41) is 7.58. The van der Waals surface area contributed by atoms with E-state index in [0.717, 1.165) is 47.8 Å². The van der Waals surface area contributed by atoms with Crippen molar-refractivity contribution in [1.82, 2.24) is 30.2 Å². The molecule has 0 aromatic heterocycles. The molecule has 6 nitrogen and oxygen atoms in total. The molecule has 2 N–H and O–H groups in total. The van der Waals surface area contributed by atoms with Gasteiger partial charge in [0.25, 0.3) is 0 Å². The fourth-order valence-corrected chi connectivity index (χ4v) is 8.52. The van der Waals surface area contributed by atoms with Gasteiger partial charge in [0, 0.05) is 50.3 Å². The van der Waals surface area contributed by atoms with Gasteiger partial charge in [0.1, 0.15) is 0 Å². The molecule has 164 valence electrons. The summed E-state index contributed by atoms with van der Waals surface area (Å²) < 4.78 is 0. The van der Waals surface area contributed by atoms with Gasteiger partial charge in [-0.3, -0.25) is 14.7 Å². The van der Waals surface area contributed by atoms with Crippen molar-refractivity contribution in [3.63, 3.8) is 0 Å². The summed E-state index contributed by atoms with van der Waals surface area (Å²) in [5.41, 5.74) is 0. The summed E-state index contributed by atoms with van der Waals surface area (Å²) in [7, 11) is 7.18. The van der Waals surface area contributed by atoms with Crippen LogP contribution in [-0.4, -0.2) is 117 Å². The monoisotopic (exact) mass is 402 g/mol. The Balaban J connectivity index is 1.11. The molecule has 6 heterocycles. The molecule has 6 rings (SSSR count). The summed E-state index contributed by atoms with van der Waals surface area (Å²) >= 11 is 0. The van der Waals surface area contributed by atoms with E-state index in [0.29, 0.717) is 6.17 Å². The van der Waals surface area contributed by atoms with Gasteiger partial charge in [-0.25, -0.2) is 0 Å². The van der Waals surface area contributed by atoms with E-state index in [4.69, 9.17) is 0 Å². The number of nitrogens with one attached hydrogen (secondary N) is 2. The summed E-state index contributed by atoms with van der Waals surface area (Å²) in [6.07, 6.45) is 6.22. The molecule has 6 heteroatoms. The van der Waals surface area contributed by atoms with Crippen LogP contribution in [-0.2, 0) is 0 Å². The van der Waals surface area contributed by atoms with Crippen molar-refractivity contribution in [2.45, 2.75) is 56.0 Å². The van der Waals surface area contributed by atoms with Crippen LogP contribution >= 0.6 is 0 Å². The molecule has 0 amide bonds. The van der Waals surface area contributed by atoms with Crippen molar-refractivity contribution in [1.29, 1.82) is 0 Å². The molecular formula is C23H42N6. The number of likely N-dealkylation sites (tertiary alicyclic amines) is 4. The van der Waals surface area contributed by atoms with E-state index in [-0.39, 0.29) is 0 Å². The van der Waals surface area contributed by atoms with Crippen molar-refractivity contribution < 1.29 is 0 Å². The number of likely N-dealkylation sites (N-methyl/N-ethyl adjacent to an activating group) is 1. The molecule has 9 unspecified atom stereocenters. The third-order valence-electron chi connectivity index (χ3n) is 9.97. The SMILES string of the molecule is CN1CC2CNC(C3CC4CN(C5CCC6CNCCC6N5C)CC4N3C)C2C1. The smallest absolute Gasteiger partial charge is 0.0623 e. The van der Waals surface area contributed by atoms with Crippen molar-refractivity contribution in [2.24, 2.45) is 23.7 Å². The molecule has 0 saturated carbocycles. The first-order valence-corrected chi connectivity index (χ1v) is 12.4. The highest BCUT2D eigenvalue weighted by atomic mass is 15.4. The van der Waals surface area contributed by atoms with Gasteiger partial charge in [-0.2, -0.15) is 0 Å². The van der Waals surface area contributed by atoms with Crippen molar-refractivity contribution in [3.8, 4) is 0 Å². The number of hydrogen-bond donors (Lipinski definition) is 2. The van der Waals surface area contributed by atoms with Crippen LogP contribution in [0.25, 0.3) is 0 Å². The quantitative estimate of drug-likeness (QED) is 0.686. The predicted molar refractivity (Wildman–Crippen MR) is 117 cm³/mol. The summed E-state index contributed by atoms with van der Waals surface area (Å²) in [4.78, 5) is 11.0. The van der Waals surface area contributed by atoms with Crippen LogP contribution in [0.1, 0.15) is 25.7 Å². The van der Waals surface area contributed by atoms with Crippen LogP contribution in [0.15, 0.2) is 0 Å². The molecule has 6 saturated heterocycles. The maximum atomic E-state index is 3.96. The maximum Gasteiger partial charge on any atom is 0.0623 e. The molecule has 6 fully saturated rings. The summed E-state index contributed by atoms with van der Waals surface area (Å²) in [6.45, 7) is 8.92. The highest BCUT2D eigenvalue weighted by Gasteiger charge is 2.53. The second kappa shape index (κ2) is 7.42. The van der Waals surface area contributed by atoms with E-state index in [1.54, 1.807) is 0 Å². The van der Waals surface area contributed by atoms with Crippen molar-refractivity contribution in [3.05, 3.63) is 0 Å². The minimum atomic E-state index is 0.685. The molecule has 0 aromatic carbocycles. The predicted octanol–water partition coefficient (Wildman–Crippen LogP) is 0.170. The lowest BCUT2D eigenvalue weighted by Gasteiger charge is -2.50. The van der Waals surface area contributed by atoms with Gasteiger partial charge in [0.15, 0.2) is 0 Å². The Labute approximate surface area is 177 Å². The largest absolute Gasteiger partial charge is 0.316 e. The first kappa shape index (κ1) is 19.4. The fraction of sp³-hybridized carbons (Fsp3) is 1.00. The molecular weight excluding hydrogens is 360 g/mol. The van der Waals surface area contributed by atoms with Gasteiger partial charge in [-0.05, 0) is 90.1 Å². The lowest BCUT2D eigenvalue weighted by atomic mass is 9.83. The van der Waals surface area contributed by atoms with Gasteiger partial charge >= 0.3 is 0 Å². The third-order valence-corrected chi connectivity index (χ3v) is 9.97. The number of rotatable bonds is 2. The van der Waals surface area contributed by atoms with Gasteiger partial charge in [-0.1, -0.05) is 0 Å². The molecule has 0 bridgehead atoms. The molecule has 0 radical (unpaired) electrons. The second-order valence-electron chi connectivity index (χ2n) is 11.4. The molecule has 0 aromatic rings. The molecule has 0 spiro atoms. The summed E-state index contributed by atoms with van der Waals surface area (Å²) in [6, 6.07) is 3.06. The first-order valence-electron chi connectivity index (χ1n) is 12.4. The van der Waals surface area contributed by atoms with E-state index in [1.807, 2.05) is 0 Å². The lowest BCUT2D eigenvalue weighted by Crippen LogP contribution is -2.60. The van der Waals surface area contributed by atoms with E-state index in [9.17, 15) is 0 Å². The van der Waals surface area contributed by atoms with Gasteiger partial charge in [0.2, 0.25) is 0 Å². The number of fused-ring (bicyclic) bond motifs is 3. The standard InChI is InChI=1S/C23H42N6/c1-26-11-17-10-25-23(18(17)13-26)20-8-16-12-29(14-21(16)27(20)2)22-5-4-15-9-24-7-6-19(15)28(22)3/h15-25H,4-14H2,1-3H3. The second-order valence-corrected chi connectivity index (χ2v) is 11.4. The molecule has 6 aliphatic heterocycles. The number of nitrogens with zero attached hydrogens (tertiary/aromatic N) is 4. The zero-order valence-corrected chi connectivity index (χ0v) is 18.8. The van der Waals surface area contributed by atoms with E-state index >= 15 is 0 Å². The maximum absolute atomic E-state index is 3.96. The lowest BCUT2D eigenvalue weighted by molar-refractivity contribution is -0.0340. The van der Waals surface area contributed by atoms with Gasteiger partial charge < -0.3 is 15.5 Å². The molecule has 29 heavy (non-hydrogen) atoms. The third kappa shape index (κ3) is 3.13.